The minimum absolute atomic E-state index is 0.106. The van der Waals surface area contributed by atoms with E-state index in [1.165, 1.54) is 30.3 Å². The number of primary amides is 1. The Kier molecular flexibility index (Phi) is 8.75. The summed E-state index contributed by atoms with van der Waals surface area (Å²) < 4.78 is 79.4. The van der Waals surface area contributed by atoms with Gasteiger partial charge >= 0.3 is 18.0 Å². The highest BCUT2D eigenvalue weighted by Gasteiger charge is 2.39. The monoisotopic (exact) mass is 579 g/mol. The number of hydrogen-bond donors (Lipinski definition) is 3. The summed E-state index contributed by atoms with van der Waals surface area (Å²) in [6.45, 7) is -2.13. The summed E-state index contributed by atoms with van der Waals surface area (Å²) >= 11 is 5.83. The summed E-state index contributed by atoms with van der Waals surface area (Å²) in [5.41, 5.74) is 2.97. The van der Waals surface area contributed by atoms with Gasteiger partial charge in [0.1, 0.15) is 6.54 Å². The summed E-state index contributed by atoms with van der Waals surface area (Å²) in [4.78, 5) is 37.2. The van der Waals surface area contributed by atoms with E-state index in [0.29, 0.717) is 15.3 Å². The van der Waals surface area contributed by atoms with E-state index < -0.39 is 67.1 Å². The first-order valence-electron chi connectivity index (χ1n) is 11.0. The number of benzene rings is 2. The Balaban J connectivity index is 1.93. The molecule has 0 spiro atoms. The largest absolute Gasteiger partial charge is 0.416 e. The minimum atomic E-state index is -5.07. The van der Waals surface area contributed by atoms with E-state index in [-0.39, 0.29) is 22.0 Å². The average molecular weight is 580 g/mol. The van der Waals surface area contributed by atoms with Gasteiger partial charge < -0.3 is 16.2 Å². The van der Waals surface area contributed by atoms with Crippen molar-refractivity contribution in [1.82, 2.24) is 19.7 Å². The average Bonchev–Trinajstić information content (AvgIpc) is 3.12. The number of carbonyl (C=O) groups is 2. The molecule has 0 fully saturated rings. The van der Waals surface area contributed by atoms with Crippen LogP contribution >= 0.6 is 11.6 Å². The smallest absolute Gasteiger partial charge is 0.382 e. The maximum absolute atomic E-state index is 13.1. The van der Waals surface area contributed by atoms with Crippen molar-refractivity contribution in [3.63, 3.8) is 0 Å². The molecule has 39 heavy (non-hydrogen) atoms. The van der Waals surface area contributed by atoms with Crippen LogP contribution in [0.5, 0.6) is 0 Å². The topological polar surface area (TPSA) is 132 Å². The zero-order valence-electron chi connectivity index (χ0n) is 19.6. The van der Waals surface area contributed by atoms with E-state index in [1.54, 1.807) is 0 Å². The van der Waals surface area contributed by atoms with Crippen LogP contribution in [0, 0.1) is 0 Å². The maximum atomic E-state index is 13.1. The van der Waals surface area contributed by atoms with Crippen LogP contribution in [0.3, 0.4) is 0 Å². The van der Waals surface area contributed by atoms with Gasteiger partial charge in [0, 0.05) is 10.6 Å². The van der Waals surface area contributed by atoms with Gasteiger partial charge in [-0.3, -0.25) is 14.2 Å². The molecule has 0 aliphatic heterocycles. The molecule has 9 nitrogen and oxygen atoms in total. The fourth-order valence-corrected chi connectivity index (χ4v) is 3.68. The number of aliphatic hydroxyl groups is 1. The molecule has 0 bridgehead atoms. The van der Waals surface area contributed by atoms with Crippen LogP contribution in [-0.2, 0) is 28.9 Å². The number of aromatic nitrogens is 3. The quantitative estimate of drug-likeness (QED) is 0.335. The molecule has 3 aromatic rings. The van der Waals surface area contributed by atoms with Crippen molar-refractivity contribution in [3.8, 4) is 11.4 Å². The SMILES string of the molecule is NC(=O)CC(NC(=O)Cn1nc(-c2ccc(Cl)cc2)n(C[C@H](O)C(F)(F)F)c1=O)c1cccc(C(F)(F)F)c1. The lowest BCUT2D eigenvalue weighted by Crippen LogP contribution is -2.39. The van der Waals surface area contributed by atoms with Crippen molar-refractivity contribution >= 4 is 23.4 Å². The third kappa shape index (κ3) is 7.60. The molecular weight excluding hydrogens is 560 g/mol. The Morgan fingerprint density at radius 3 is 2.28 bits per heavy atom. The first kappa shape index (κ1) is 29.7. The number of nitrogens with two attached hydrogens (primary N) is 1. The number of rotatable bonds is 9. The molecule has 0 radical (unpaired) electrons. The second kappa shape index (κ2) is 11.5. The molecule has 2 aromatic carbocycles. The van der Waals surface area contributed by atoms with E-state index in [2.05, 4.69) is 10.4 Å². The Hall–Kier alpha value is -3.85. The van der Waals surface area contributed by atoms with E-state index >= 15 is 0 Å². The lowest BCUT2D eigenvalue weighted by molar-refractivity contribution is -0.207. The standard InChI is InChI=1S/C23H20ClF6N5O4/c24-15-6-4-12(5-7-15)20-33-35(21(39)34(20)10-17(36)23(28,29)30)11-19(38)32-16(9-18(31)37)13-2-1-3-14(8-13)22(25,26)27/h1-8,16-17,36H,9-11H2,(H2,31,37)(H,32,38)/t16?,17-/m0/s1. The van der Waals surface area contributed by atoms with Gasteiger partial charge in [0.15, 0.2) is 11.9 Å². The molecule has 3 rings (SSSR count). The second-order valence-electron chi connectivity index (χ2n) is 8.35. The molecule has 1 unspecified atom stereocenters. The van der Waals surface area contributed by atoms with E-state index in [0.717, 1.165) is 12.1 Å². The van der Waals surface area contributed by atoms with Crippen molar-refractivity contribution in [2.75, 3.05) is 0 Å². The van der Waals surface area contributed by atoms with Gasteiger partial charge in [0.05, 0.1) is 24.6 Å². The van der Waals surface area contributed by atoms with E-state index in [4.69, 9.17) is 17.3 Å². The number of hydrogen-bond acceptors (Lipinski definition) is 5. The maximum Gasteiger partial charge on any atom is 0.416 e. The normalized spacial score (nSPS) is 13.6. The molecule has 1 heterocycles. The predicted octanol–water partition coefficient (Wildman–Crippen LogP) is 3.04. The van der Waals surface area contributed by atoms with Crippen molar-refractivity contribution in [1.29, 1.82) is 0 Å². The first-order chi connectivity index (χ1) is 18.1. The molecule has 16 heteroatoms. The summed E-state index contributed by atoms with van der Waals surface area (Å²) in [6, 6.07) is 7.91. The number of aliphatic hydroxyl groups excluding tert-OH is 1. The van der Waals surface area contributed by atoms with Crippen LogP contribution in [-0.4, -0.2) is 43.5 Å². The molecular formula is C23H20ClF6N5O4. The van der Waals surface area contributed by atoms with Crippen LogP contribution < -0.4 is 16.7 Å². The van der Waals surface area contributed by atoms with Gasteiger partial charge in [-0.1, -0.05) is 23.7 Å². The van der Waals surface area contributed by atoms with Gasteiger partial charge in [-0.2, -0.15) is 26.3 Å². The number of nitrogens with zero attached hydrogens (tertiary/aromatic N) is 3. The Morgan fingerprint density at radius 2 is 1.72 bits per heavy atom. The molecule has 210 valence electrons. The highest BCUT2D eigenvalue weighted by Crippen LogP contribution is 2.31. The van der Waals surface area contributed by atoms with Gasteiger partial charge in [-0.15, -0.1) is 5.10 Å². The summed E-state index contributed by atoms with van der Waals surface area (Å²) in [5.74, 6) is -2.28. The van der Waals surface area contributed by atoms with Crippen molar-refractivity contribution in [2.45, 2.75) is 44.0 Å². The summed E-state index contributed by atoms with van der Waals surface area (Å²) in [5, 5.41) is 16.0. The molecule has 0 saturated carbocycles. The number of nitrogens with one attached hydrogen (secondary N) is 1. The fraction of sp³-hybridized carbons (Fsp3) is 0.304. The number of carbonyl (C=O) groups excluding carboxylic acids is 2. The summed E-state index contributed by atoms with van der Waals surface area (Å²) in [6.07, 6.45) is -13.3. The summed E-state index contributed by atoms with van der Waals surface area (Å²) in [7, 11) is 0. The lowest BCUT2D eigenvalue weighted by atomic mass is 10.0. The molecule has 2 amide bonds. The molecule has 0 aliphatic carbocycles. The molecule has 1 aromatic heterocycles. The number of alkyl halides is 6. The lowest BCUT2D eigenvalue weighted by Gasteiger charge is -2.19. The van der Waals surface area contributed by atoms with Crippen LogP contribution in [0.1, 0.15) is 23.6 Å². The Labute approximate surface area is 220 Å². The highest BCUT2D eigenvalue weighted by atomic mass is 35.5. The van der Waals surface area contributed by atoms with Gasteiger partial charge in [-0.05, 0) is 42.0 Å². The van der Waals surface area contributed by atoms with Crippen molar-refractivity contribution in [3.05, 3.63) is 75.2 Å². The Bertz CT molecular complexity index is 1400. The molecule has 0 saturated heterocycles. The zero-order chi connectivity index (χ0) is 29.1. The molecule has 0 aliphatic rings. The second-order valence-corrected chi connectivity index (χ2v) is 8.79. The molecule has 2 atom stereocenters. The van der Waals surface area contributed by atoms with Crippen LogP contribution in [0.25, 0.3) is 11.4 Å². The zero-order valence-corrected chi connectivity index (χ0v) is 20.4. The predicted molar refractivity (Wildman–Crippen MR) is 125 cm³/mol. The minimum Gasteiger partial charge on any atom is -0.382 e. The van der Waals surface area contributed by atoms with E-state index in [9.17, 15) is 45.8 Å². The van der Waals surface area contributed by atoms with Crippen LogP contribution in [0.4, 0.5) is 26.3 Å². The van der Waals surface area contributed by atoms with Crippen LogP contribution in [0.2, 0.25) is 5.02 Å². The highest BCUT2D eigenvalue weighted by molar-refractivity contribution is 6.30. The van der Waals surface area contributed by atoms with E-state index in [1.807, 2.05) is 0 Å². The third-order valence-electron chi connectivity index (χ3n) is 5.41. The Morgan fingerprint density at radius 1 is 1.08 bits per heavy atom. The van der Waals surface area contributed by atoms with Gasteiger partial charge in [0.2, 0.25) is 11.8 Å². The van der Waals surface area contributed by atoms with Crippen molar-refractivity contribution in [2.24, 2.45) is 5.73 Å². The van der Waals surface area contributed by atoms with Crippen LogP contribution in [0.15, 0.2) is 53.3 Å². The number of halogens is 7. The van der Waals surface area contributed by atoms with Crippen molar-refractivity contribution < 1.29 is 41.0 Å². The molecule has 4 N–H and O–H groups in total. The van der Waals surface area contributed by atoms with Gasteiger partial charge in [-0.25, -0.2) is 9.48 Å². The first-order valence-corrected chi connectivity index (χ1v) is 11.4. The van der Waals surface area contributed by atoms with Gasteiger partial charge in [0.25, 0.3) is 0 Å². The fourth-order valence-electron chi connectivity index (χ4n) is 3.56. The third-order valence-corrected chi connectivity index (χ3v) is 5.66. The number of amides is 2.